The topological polar surface area (TPSA) is 81.2 Å². The molecule has 8 nitrogen and oxygen atoms in total. The van der Waals surface area contributed by atoms with Gasteiger partial charge in [-0.05, 0) is 62.9 Å². The fraction of sp³-hybridized carbons (Fsp3) is 0.667. The summed E-state index contributed by atoms with van der Waals surface area (Å²) < 4.78 is 5.33. The molecule has 0 bridgehead atoms. The molecule has 2 aliphatic heterocycles. The van der Waals surface area contributed by atoms with Gasteiger partial charge in [-0.1, -0.05) is 12.1 Å². The molecule has 186 valence electrons. The number of methoxy groups -OCH3 is 1. The third-order valence-corrected chi connectivity index (χ3v) is 6.79. The zero-order valence-corrected chi connectivity index (χ0v) is 22.8. The molecule has 9 heteroatoms. The number of rotatable bonds is 7. The molecule has 1 aromatic carbocycles. The van der Waals surface area contributed by atoms with Crippen LogP contribution in [0, 0.1) is 5.92 Å². The first-order valence-corrected chi connectivity index (χ1v) is 11.8. The van der Waals surface area contributed by atoms with Crippen LogP contribution in [-0.4, -0.2) is 88.7 Å². The van der Waals surface area contributed by atoms with Crippen LogP contribution in [0.25, 0.3) is 0 Å². The van der Waals surface area contributed by atoms with E-state index in [1.165, 1.54) is 18.4 Å². The minimum Gasteiger partial charge on any atom is -0.497 e. The molecule has 2 atom stereocenters. The van der Waals surface area contributed by atoms with Crippen LogP contribution in [-0.2, 0) is 4.79 Å². The molecule has 2 heterocycles. The van der Waals surface area contributed by atoms with Gasteiger partial charge in [0.2, 0.25) is 5.91 Å². The predicted octanol–water partition coefficient (Wildman–Crippen LogP) is 2.07. The van der Waals surface area contributed by atoms with Crippen molar-refractivity contribution >= 4 is 35.8 Å². The largest absolute Gasteiger partial charge is 0.497 e. The van der Waals surface area contributed by atoms with Crippen LogP contribution in [0.5, 0.6) is 5.75 Å². The van der Waals surface area contributed by atoms with E-state index in [0.29, 0.717) is 24.5 Å². The summed E-state index contributed by atoms with van der Waals surface area (Å²) in [6, 6.07) is 9.26. The lowest BCUT2D eigenvalue weighted by Gasteiger charge is -2.40. The zero-order chi connectivity index (χ0) is 22.9. The number of amides is 1. The monoisotopic (exact) mass is 572 g/mol. The number of aliphatic imine (C=N–C) groups is 1. The highest BCUT2D eigenvalue weighted by atomic mass is 127. The zero-order valence-electron chi connectivity index (χ0n) is 20.5. The van der Waals surface area contributed by atoms with Crippen LogP contribution < -0.4 is 20.7 Å². The van der Waals surface area contributed by atoms with Crippen molar-refractivity contribution in [3.8, 4) is 5.75 Å². The van der Waals surface area contributed by atoms with Gasteiger partial charge in [0.15, 0.2) is 5.96 Å². The molecule has 1 amide bonds. The van der Waals surface area contributed by atoms with Crippen molar-refractivity contribution in [1.82, 2.24) is 25.8 Å². The number of hydrogen-bond donors (Lipinski definition) is 3. The number of likely N-dealkylation sites (N-methyl/N-ethyl adjacent to an activating group) is 1. The third-order valence-electron chi connectivity index (χ3n) is 6.79. The Morgan fingerprint density at radius 3 is 2.45 bits per heavy atom. The molecule has 0 spiro atoms. The molecular weight excluding hydrogens is 531 g/mol. The van der Waals surface area contributed by atoms with Crippen LogP contribution in [0.3, 0.4) is 0 Å². The summed E-state index contributed by atoms with van der Waals surface area (Å²) in [6.45, 7) is 4.34. The number of carbonyl (C=O) groups is 1. The van der Waals surface area contributed by atoms with Gasteiger partial charge in [0.05, 0.1) is 13.7 Å². The Morgan fingerprint density at radius 1 is 1.15 bits per heavy atom. The number of benzene rings is 1. The number of hydrogen-bond acceptors (Lipinski definition) is 5. The standard InChI is InChI=1S/C24H40N6O2.HI/c1-25-22(31)17-30-14-11-20(12-15-30)28-24(26-2)27-16-19-6-5-13-29(3)23(19)18-7-9-21(32-4)10-8-18;/h7-10,19-20,23H,5-6,11-17H2,1-4H3,(H,25,31)(H2,26,27,28);1H. The minimum absolute atomic E-state index is 0. The lowest BCUT2D eigenvalue weighted by Crippen LogP contribution is -2.51. The van der Waals surface area contributed by atoms with Gasteiger partial charge < -0.3 is 20.7 Å². The first-order valence-electron chi connectivity index (χ1n) is 11.8. The van der Waals surface area contributed by atoms with Gasteiger partial charge >= 0.3 is 0 Å². The molecule has 1 aromatic rings. The van der Waals surface area contributed by atoms with Crippen LogP contribution in [0.15, 0.2) is 29.3 Å². The van der Waals surface area contributed by atoms with Crippen LogP contribution in [0.1, 0.15) is 37.3 Å². The smallest absolute Gasteiger partial charge is 0.233 e. The fourth-order valence-corrected chi connectivity index (χ4v) is 4.93. The first kappa shape index (κ1) is 27.7. The fourth-order valence-electron chi connectivity index (χ4n) is 4.93. The highest BCUT2D eigenvalue weighted by molar-refractivity contribution is 14.0. The van der Waals surface area contributed by atoms with Crippen molar-refractivity contribution in [2.75, 3.05) is 61.0 Å². The van der Waals surface area contributed by atoms with Crippen LogP contribution >= 0.6 is 24.0 Å². The lowest BCUT2D eigenvalue weighted by atomic mass is 9.85. The number of carbonyl (C=O) groups excluding carboxylic acids is 1. The van der Waals surface area contributed by atoms with E-state index in [2.05, 4.69) is 62.1 Å². The summed E-state index contributed by atoms with van der Waals surface area (Å²) in [5.41, 5.74) is 1.34. The van der Waals surface area contributed by atoms with Crippen molar-refractivity contribution in [2.45, 2.75) is 37.8 Å². The normalized spacial score (nSPS) is 22.8. The molecule has 0 radical (unpaired) electrons. The molecule has 0 saturated carbocycles. The van der Waals surface area contributed by atoms with E-state index in [4.69, 9.17) is 4.74 Å². The van der Waals surface area contributed by atoms with Gasteiger partial charge in [-0.2, -0.15) is 0 Å². The van der Waals surface area contributed by atoms with Gasteiger partial charge in [0.1, 0.15) is 5.75 Å². The highest BCUT2D eigenvalue weighted by Crippen LogP contribution is 2.35. The lowest BCUT2D eigenvalue weighted by molar-refractivity contribution is -0.122. The van der Waals surface area contributed by atoms with E-state index in [9.17, 15) is 4.79 Å². The highest BCUT2D eigenvalue weighted by Gasteiger charge is 2.31. The van der Waals surface area contributed by atoms with Crippen molar-refractivity contribution in [3.05, 3.63) is 29.8 Å². The molecule has 2 aliphatic rings. The number of piperidine rings is 2. The van der Waals surface area contributed by atoms with E-state index in [1.807, 2.05) is 7.05 Å². The first-order chi connectivity index (χ1) is 15.5. The van der Waals surface area contributed by atoms with E-state index in [0.717, 1.165) is 50.7 Å². The number of likely N-dealkylation sites (tertiary alicyclic amines) is 2. The maximum Gasteiger partial charge on any atom is 0.233 e. The van der Waals surface area contributed by atoms with Gasteiger partial charge in [0.25, 0.3) is 0 Å². The van der Waals surface area contributed by atoms with Crippen molar-refractivity contribution in [3.63, 3.8) is 0 Å². The summed E-state index contributed by atoms with van der Waals surface area (Å²) in [5.74, 6) is 2.36. The van der Waals surface area contributed by atoms with Crippen molar-refractivity contribution < 1.29 is 9.53 Å². The minimum atomic E-state index is 0. The van der Waals surface area contributed by atoms with Gasteiger partial charge in [0, 0.05) is 45.8 Å². The van der Waals surface area contributed by atoms with E-state index in [1.54, 1.807) is 14.2 Å². The van der Waals surface area contributed by atoms with Crippen LogP contribution in [0.2, 0.25) is 0 Å². The maximum absolute atomic E-state index is 11.6. The predicted molar refractivity (Wildman–Crippen MR) is 145 cm³/mol. The van der Waals surface area contributed by atoms with E-state index >= 15 is 0 Å². The summed E-state index contributed by atoms with van der Waals surface area (Å²) >= 11 is 0. The Hall–Kier alpha value is -1.59. The van der Waals surface area contributed by atoms with E-state index in [-0.39, 0.29) is 29.9 Å². The third kappa shape index (κ3) is 7.99. The number of nitrogens with one attached hydrogen (secondary N) is 3. The van der Waals surface area contributed by atoms with Gasteiger partial charge in [-0.25, -0.2) is 0 Å². The molecule has 3 rings (SSSR count). The van der Waals surface area contributed by atoms with Crippen LogP contribution in [0.4, 0.5) is 0 Å². The SMILES string of the molecule is CN=C(NCC1CCCN(C)C1c1ccc(OC)cc1)NC1CCN(CC(=O)NC)CC1.I. The van der Waals surface area contributed by atoms with Gasteiger partial charge in [-0.15, -0.1) is 24.0 Å². The summed E-state index contributed by atoms with van der Waals surface area (Å²) in [6.07, 6.45) is 4.44. The average Bonchev–Trinajstić information content (AvgIpc) is 2.83. The molecule has 3 N–H and O–H groups in total. The number of halogens is 1. The quantitative estimate of drug-likeness (QED) is 0.264. The molecule has 2 unspecified atom stereocenters. The second kappa shape index (κ2) is 14.0. The Bertz CT molecular complexity index is 752. The van der Waals surface area contributed by atoms with Crippen molar-refractivity contribution in [1.29, 1.82) is 0 Å². The Balaban J connectivity index is 0.00000385. The Kier molecular flexibility index (Phi) is 11.7. The second-order valence-electron chi connectivity index (χ2n) is 8.92. The number of guanidine groups is 1. The number of ether oxygens (including phenoxy) is 1. The molecular formula is C24H41IN6O2. The van der Waals surface area contributed by atoms with Gasteiger partial charge in [-0.3, -0.25) is 19.6 Å². The summed E-state index contributed by atoms with van der Waals surface area (Å²) in [4.78, 5) is 20.8. The number of nitrogens with zero attached hydrogens (tertiary/aromatic N) is 3. The average molecular weight is 573 g/mol. The molecule has 0 aliphatic carbocycles. The maximum atomic E-state index is 11.6. The Morgan fingerprint density at radius 2 is 1.85 bits per heavy atom. The Labute approximate surface area is 215 Å². The molecule has 2 fully saturated rings. The molecule has 0 aromatic heterocycles. The molecule has 33 heavy (non-hydrogen) atoms. The summed E-state index contributed by atoms with van der Waals surface area (Å²) in [5, 5.41) is 9.89. The van der Waals surface area contributed by atoms with E-state index < -0.39 is 0 Å². The van der Waals surface area contributed by atoms with Crippen molar-refractivity contribution in [2.24, 2.45) is 10.9 Å². The summed E-state index contributed by atoms with van der Waals surface area (Å²) in [7, 11) is 7.46. The second-order valence-corrected chi connectivity index (χ2v) is 8.92. The molecule has 2 saturated heterocycles.